The maximum absolute atomic E-state index is 12.6. The predicted octanol–water partition coefficient (Wildman–Crippen LogP) is 0.886. The molecule has 1 aromatic heterocycles. The molecule has 1 saturated heterocycles. The summed E-state index contributed by atoms with van der Waals surface area (Å²) in [4.78, 5) is 26.5. The first-order valence-electron chi connectivity index (χ1n) is 5.09. The quantitative estimate of drug-likeness (QED) is 0.701. The largest absolute Gasteiger partial charge is 0.443 e. The first kappa shape index (κ1) is 16.7. The summed E-state index contributed by atoms with van der Waals surface area (Å²) in [6, 6.07) is -0.809. The minimum absolute atomic E-state index is 0. The van der Waals surface area contributed by atoms with E-state index in [0.29, 0.717) is 11.3 Å². The molecule has 1 fully saturated rings. The molecule has 2 rings (SSSR count). The van der Waals surface area contributed by atoms with Crippen LogP contribution in [-0.2, 0) is 16.5 Å². The molecule has 3 amide bonds. The van der Waals surface area contributed by atoms with Gasteiger partial charge in [-0.1, -0.05) is 0 Å². The van der Waals surface area contributed by atoms with Crippen molar-refractivity contribution in [3.63, 3.8) is 0 Å². The van der Waals surface area contributed by atoms with E-state index in [1.807, 2.05) is 5.32 Å². The van der Waals surface area contributed by atoms with Crippen molar-refractivity contribution < 1.29 is 22.8 Å². The van der Waals surface area contributed by atoms with Gasteiger partial charge in [0.2, 0.25) is 0 Å². The van der Waals surface area contributed by atoms with Crippen LogP contribution in [0.25, 0.3) is 0 Å². The lowest BCUT2D eigenvalue weighted by Gasteiger charge is -2.22. The molecule has 0 radical (unpaired) electrons. The van der Waals surface area contributed by atoms with Crippen LogP contribution in [0.3, 0.4) is 0 Å². The highest BCUT2D eigenvalue weighted by atomic mass is 35.5. The van der Waals surface area contributed by atoms with Gasteiger partial charge < -0.3 is 11.1 Å². The van der Waals surface area contributed by atoms with Crippen LogP contribution in [0, 0.1) is 6.92 Å². The molecule has 112 valence electrons. The topological polar surface area (TPSA) is 97.1 Å². The van der Waals surface area contributed by atoms with E-state index in [1.54, 1.807) is 0 Å². The van der Waals surface area contributed by atoms with Gasteiger partial charge in [0.1, 0.15) is 0 Å². The van der Waals surface area contributed by atoms with Gasteiger partial charge in [-0.05, 0) is 6.92 Å². The van der Waals surface area contributed by atoms with E-state index < -0.39 is 28.7 Å². The predicted molar refractivity (Wildman–Crippen MR) is 66.5 cm³/mol. The third kappa shape index (κ3) is 2.45. The number of hydrogen-bond donors (Lipinski definition) is 3. The Morgan fingerprint density at radius 1 is 1.40 bits per heavy atom. The van der Waals surface area contributed by atoms with Crippen LogP contribution in [0.1, 0.15) is 15.6 Å². The highest BCUT2D eigenvalue weighted by molar-refractivity contribution is 7.11. The number of carbonyl (C=O) groups is 2. The summed E-state index contributed by atoms with van der Waals surface area (Å²) in [5.41, 5.74) is 3.54. The average molecular weight is 331 g/mol. The summed E-state index contributed by atoms with van der Waals surface area (Å²) < 4.78 is 37.8. The molecule has 4 N–H and O–H groups in total. The number of amides is 3. The number of nitrogens with one attached hydrogen (secondary N) is 2. The van der Waals surface area contributed by atoms with Crippen LogP contribution in [0.4, 0.5) is 18.0 Å². The number of hydrogen-bond acceptors (Lipinski definition) is 5. The van der Waals surface area contributed by atoms with E-state index >= 15 is 0 Å². The Morgan fingerprint density at radius 3 is 2.35 bits per heavy atom. The maximum atomic E-state index is 12.6. The number of thiazole rings is 1. The SMILES string of the molecule is Cc1sc(C(F)(F)F)nc1[C@@]1(CN)NC(=O)NC1=O.Cl. The van der Waals surface area contributed by atoms with Crippen molar-refractivity contribution >= 4 is 35.7 Å². The molecule has 2 heterocycles. The standard InChI is InChI=1S/C9H9F3N4O2S.ClH/c1-3-4(14-6(19-3)9(10,11)12)8(2-13)5(17)15-7(18)16-8;/h2,13H2,1H3,(H2,15,16,17,18);1H/t8-;/m1./s1. The number of nitrogens with zero attached hydrogens (tertiary/aromatic N) is 1. The Balaban J connectivity index is 0.00000200. The zero-order valence-electron chi connectivity index (χ0n) is 10.00. The fourth-order valence-electron chi connectivity index (χ4n) is 1.81. The number of urea groups is 1. The number of imide groups is 1. The van der Waals surface area contributed by atoms with Gasteiger partial charge in [-0.15, -0.1) is 23.7 Å². The van der Waals surface area contributed by atoms with Crippen molar-refractivity contribution in [2.24, 2.45) is 5.73 Å². The van der Waals surface area contributed by atoms with Crippen LogP contribution in [0.15, 0.2) is 0 Å². The van der Waals surface area contributed by atoms with Gasteiger partial charge in [-0.3, -0.25) is 10.1 Å². The summed E-state index contributed by atoms with van der Waals surface area (Å²) in [5, 5.41) is 3.11. The number of rotatable bonds is 2. The van der Waals surface area contributed by atoms with Crippen molar-refractivity contribution in [3.05, 3.63) is 15.6 Å². The highest BCUT2D eigenvalue weighted by Crippen LogP contribution is 2.37. The second-order valence-electron chi connectivity index (χ2n) is 3.94. The number of aromatic nitrogens is 1. The molecule has 0 aliphatic carbocycles. The monoisotopic (exact) mass is 330 g/mol. The van der Waals surface area contributed by atoms with Gasteiger partial charge in [0.25, 0.3) is 5.91 Å². The molecule has 11 heteroatoms. The molecule has 0 spiro atoms. The van der Waals surface area contributed by atoms with Crippen molar-refractivity contribution in [2.75, 3.05) is 6.54 Å². The Labute approximate surface area is 121 Å². The van der Waals surface area contributed by atoms with Crippen LogP contribution in [0.5, 0.6) is 0 Å². The Morgan fingerprint density at radius 2 is 2.00 bits per heavy atom. The second kappa shape index (κ2) is 5.19. The average Bonchev–Trinajstić information content (AvgIpc) is 2.79. The first-order valence-corrected chi connectivity index (χ1v) is 5.91. The lowest BCUT2D eigenvalue weighted by Crippen LogP contribution is -2.50. The third-order valence-corrected chi connectivity index (χ3v) is 3.71. The zero-order valence-corrected chi connectivity index (χ0v) is 11.6. The van der Waals surface area contributed by atoms with Crippen LogP contribution in [-0.4, -0.2) is 23.5 Å². The van der Waals surface area contributed by atoms with Crippen molar-refractivity contribution in [2.45, 2.75) is 18.6 Å². The number of halogens is 4. The normalized spacial score (nSPS) is 22.2. The minimum atomic E-state index is -4.61. The van der Waals surface area contributed by atoms with Gasteiger partial charge in [-0.2, -0.15) is 13.2 Å². The summed E-state index contributed by atoms with van der Waals surface area (Å²) in [5.74, 6) is -0.804. The number of carbonyl (C=O) groups excluding carboxylic acids is 2. The lowest BCUT2D eigenvalue weighted by molar-refractivity contribution is -0.138. The summed E-state index contributed by atoms with van der Waals surface area (Å²) in [6.07, 6.45) is -4.61. The Bertz CT molecular complexity index is 562. The van der Waals surface area contributed by atoms with Crippen molar-refractivity contribution in [3.8, 4) is 0 Å². The van der Waals surface area contributed by atoms with Gasteiger partial charge in [0.05, 0.1) is 5.69 Å². The molecule has 0 unspecified atom stereocenters. The number of nitrogens with two attached hydrogens (primary N) is 1. The molecule has 1 aromatic rings. The van der Waals surface area contributed by atoms with Gasteiger partial charge in [0.15, 0.2) is 10.5 Å². The van der Waals surface area contributed by atoms with E-state index in [4.69, 9.17) is 5.73 Å². The van der Waals surface area contributed by atoms with Crippen LogP contribution in [0.2, 0.25) is 0 Å². The van der Waals surface area contributed by atoms with Crippen molar-refractivity contribution in [1.82, 2.24) is 15.6 Å². The van der Waals surface area contributed by atoms with Gasteiger partial charge in [-0.25, -0.2) is 9.78 Å². The molecule has 20 heavy (non-hydrogen) atoms. The molecule has 0 saturated carbocycles. The molecule has 0 bridgehead atoms. The number of aryl methyl sites for hydroxylation is 1. The molecule has 0 aromatic carbocycles. The molecular formula is C9H10ClF3N4O2S. The van der Waals surface area contributed by atoms with E-state index in [2.05, 4.69) is 10.3 Å². The summed E-state index contributed by atoms with van der Waals surface area (Å²) in [7, 11) is 0. The van der Waals surface area contributed by atoms with Crippen LogP contribution >= 0.6 is 23.7 Å². The second-order valence-corrected chi connectivity index (χ2v) is 5.14. The minimum Gasteiger partial charge on any atom is -0.327 e. The molecule has 6 nitrogen and oxygen atoms in total. The fraction of sp³-hybridized carbons (Fsp3) is 0.444. The Kier molecular flexibility index (Phi) is 4.32. The third-order valence-electron chi connectivity index (χ3n) is 2.69. The molecule has 1 atom stereocenters. The van der Waals surface area contributed by atoms with E-state index in [1.165, 1.54) is 6.92 Å². The van der Waals surface area contributed by atoms with Crippen molar-refractivity contribution in [1.29, 1.82) is 0 Å². The van der Waals surface area contributed by atoms with E-state index in [-0.39, 0.29) is 29.5 Å². The Hall–Kier alpha value is -1.39. The number of alkyl halides is 3. The highest BCUT2D eigenvalue weighted by Gasteiger charge is 2.50. The molecule has 1 aliphatic rings. The molecular weight excluding hydrogens is 321 g/mol. The molecule has 1 aliphatic heterocycles. The first-order chi connectivity index (χ1) is 8.70. The van der Waals surface area contributed by atoms with Crippen LogP contribution < -0.4 is 16.4 Å². The lowest BCUT2D eigenvalue weighted by atomic mass is 9.95. The van der Waals surface area contributed by atoms with E-state index in [0.717, 1.165) is 0 Å². The fourth-order valence-corrected chi connectivity index (χ4v) is 2.67. The zero-order chi connectivity index (χ0) is 14.4. The maximum Gasteiger partial charge on any atom is 0.443 e. The van der Waals surface area contributed by atoms with Gasteiger partial charge >= 0.3 is 12.2 Å². The smallest absolute Gasteiger partial charge is 0.327 e. The van der Waals surface area contributed by atoms with E-state index in [9.17, 15) is 22.8 Å². The van der Waals surface area contributed by atoms with Gasteiger partial charge in [0, 0.05) is 11.4 Å². The summed E-state index contributed by atoms with van der Waals surface area (Å²) >= 11 is 0.402. The summed E-state index contributed by atoms with van der Waals surface area (Å²) in [6.45, 7) is 1.00.